The highest BCUT2D eigenvalue weighted by Crippen LogP contribution is 1.87. The molecule has 4 nitrogen and oxygen atoms in total. The normalized spacial score (nSPS) is 8.75. The maximum absolute atomic E-state index is 10.1. The van der Waals surface area contributed by atoms with E-state index in [2.05, 4.69) is 23.3 Å². The molecule has 4 heteroatoms. The van der Waals surface area contributed by atoms with Crippen molar-refractivity contribution in [2.75, 3.05) is 13.2 Å². The van der Waals surface area contributed by atoms with Crippen molar-refractivity contribution >= 4 is 11.9 Å². The number of ether oxygens (including phenoxy) is 2. The third kappa shape index (κ3) is 23.1. The summed E-state index contributed by atoms with van der Waals surface area (Å²) in [6.07, 6.45) is 4.10. The molecule has 0 spiro atoms. The lowest BCUT2D eigenvalue weighted by atomic mass is 10.4. The molecular formula is C12H24O4. The maximum atomic E-state index is 10.1. The summed E-state index contributed by atoms with van der Waals surface area (Å²) >= 11 is 0. The number of hydrogen-bond donors (Lipinski definition) is 0. The van der Waals surface area contributed by atoms with Crippen molar-refractivity contribution in [3.63, 3.8) is 0 Å². The Balaban J connectivity index is 0. The number of carbonyl (C=O) groups excluding carboxylic acids is 2. The molecule has 0 amide bonds. The fourth-order valence-electron chi connectivity index (χ4n) is 0.720. The highest BCUT2D eigenvalue weighted by Gasteiger charge is 1.88. The zero-order valence-corrected chi connectivity index (χ0v) is 10.9. The molecule has 0 aromatic carbocycles. The van der Waals surface area contributed by atoms with Crippen LogP contribution in [0.15, 0.2) is 0 Å². The van der Waals surface area contributed by atoms with Gasteiger partial charge >= 0.3 is 11.9 Å². The molecule has 0 atom stereocenters. The second kappa shape index (κ2) is 13.9. The third-order valence-electron chi connectivity index (χ3n) is 1.61. The Kier molecular flexibility index (Phi) is 15.1. The van der Waals surface area contributed by atoms with Crippen LogP contribution in [0.25, 0.3) is 0 Å². The molecule has 0 bridgehead atoms. The Hall–Kier alpha value is -1.06. The molecule has 0 radical (unpaired) electrons. The van der Waals surface area contributed by atoms with Gasteiger partial charge in [-0.05, 0) is 12.8 Å². The smallest absolute Gasteiger partial charge is 0.302 e. The standard InChI is InChI=1S/2C6H12O2/c2*1-3-4-5-8-6(2)7/h2*3-5H2,1-2H3. The quantitative estimate of drug-likeness (QED) is 0.522. The number of hydrogen-bond acceptors (Lipinski definition) is 4. The van der Waals surface area contributed by atoms with Gasteiger partial charge in [0.25, 0.3) is 0 Å². The van der Waals surface area contributed by atoms with Crippen LogP contribution in [0.4, 0.5) is 0 Å². The summed E-state index contributed by atoms with van der Waals surface area (Å²) in [5.74, 6) is -0.364. The summed E-state index contributed by atoms with van der Waals surface area (Å²) in [6, 6.07) is 0. The first kappa shape index (κ1) is 17.3. The Morgan fingerprint density at radius 2 is 1.12 bits per heavy atom. The van der Waals surface area contributed by atoms with Crippen LogP contribution in [0.5, 0.6) is 0 Å². The predicted octanol–water partition coefficient (Wildman–Crippen LogP) is 2.70. The second-order valence-corrected chi connectivity index (χ2v) is 3.39. The van der Waals surface area contributed by atoms with Crippen LogP contribution in [0.1, 0.15) is 53.4 Å². The van der Waals surface area contributed by atoms with Crippen LogP contribution in [-0.4, -0.2) is 25.2 Å². The fourth-order valence-corrected chi connectivity index (χ4v) is 0.720. The van der Waals surface area contributed by atoms with E-state index in [0.29, 0.717) is 13.2 Å². The average molecular weight is 232 g/mol. The van der Waals surface area contributed by atoms with Gasteiger partial charge in [-0.2, -0.15) is 0 Å². The van der Waals surface area contributed by atoms with Crippen LogP contribution in [-0.2, 0) is 19.1 Å². The van der Waals surface area contributed by atoms with Crippen LogP contribution in [0.3, 0.4) is 0 Å². The van der Waals surface area contributed by atoms with Crippen LogP contribution >= 0.6 is 0 Å². The van der Waals surface area contributed by atoms with Crippen molar-refractivity contribution < 1.29 is 19.1 Å². The van der Waals surface area contributed by atoms with E-state index in [-0.39, 0.29) is 11.9 Å². The summed E-state index contributed by atoms with van der Waals surface area (Å²) in [6.45, 7) is 8.12. The number of unbranched alkanes of at least 4 members (excludes halogenated alkanes) is 2. The molecule has 16 heavy (non-hydrogen) atoms. The number of esters is 2. The lowest BCUT2D eigenvalue weighted by Crippen LogP contribution is -1.99. The topological polar surface area (TPSA) is 52.6 Å². The molecule has 0 saturated carbocycles. The minimum absolute atomic E-state index is 0.182. The van der Waals surface area contributed by atoms with Crippen molar-refractivity contribution in [3.8, 4) is 0 Å². The van der Waals surface area contributed by atoms with E-state index in [4.69, 9.17) is 0 Å². The lowest BCUT2D eigenvalue weighted by molar-refractivity contribution is -0.142. The van der Waals surface area contributed by atoms with E-state index in [1.165, 1.54) is 13.8 Å². The van der Waals surface area contributed by atoms with Gasteiger partial charge in [-0.25, -0.2) is 0 Å². The molecule has 0 unspecified atom stereocenters. The first-order valence-corrected chi connectivity index (χ1v) is 5.81. The van der Waals surface area contributed by atoms with Crippen molar-refractivity contribution in [1.82, 2.24) is 0 Å². The Morgan fingerprint density at radius 1 is 0.812 bits per heavy atom. The van der Waals surface area contributed by atoms with Gasteiger partial charge in [0.05, 0.1) is 13.2 Å². The molecule has 0 aromatic heterocycles. The molecule has 0 N–H and O–H groups in total. The lowest BCUT2D eigenvalue weighted by Gasteiger charge is -1.96. The molecule has 0 aromatic rings. The van der Waals surface area contributed by atoms with Gasteiger partial charge in [-0.1, -0.05) is 26.7 Å². The predicted molar refractivity (Wildman–Crippen MR) is 63.1 cm³/mol. The SMILES string of the molecule is CCCCOC(C)=O.CCCCOC(C)=O. The molecule has 0 aliphatic carbocycles. The summed E-state index contributed by atoms with van der Waals surface area (Å²) in [7, 11) is 0. The van der Waals surface area contributed by atoms with E-state index in [9.17, 15) is 9.59 Å². The molecule has 0 rings (SSSR count). The van der Waals surface area contributed by atoms with Crippen molar-refractivity contribution in [2.24, 2.45) is 0 Å². The van der Waals surface area contributed by atoms with Gasteiger partial charge in [0, 0.05) is 13.8 Å². The van der Waals surface area contributed by atoms with Crippen molar-refractivity contribution in [1.29, 1.82) is 0 Å². The van der Waals surface area contributed by atoms with E-state index >= 15 is 0 Å². The summed E-state index contributed by atoms with van der Waals surface area (Å²) in [4.78, 5) is 20.2. The minimum atomic E-state index is -0.182. The number of rotatable bonds is 6. The molecular weight excluding hydrogens is 208 g/mol. The van der Waals surface area contributed by atoms with Gasteiger partial charge in [0.15, 0.2) is 0 Å². The summed E-state index contributed by atoms with van der Waals surface area (Å²) in [5, 5.41) is 0. The van der Waals surface area contributed by atoms with Crippen LogP contribution < -0.4 is 0 Å². The van der Waals surface area contributed by atoms with Gasteiger partial charge in [-0.3, -0.25) is 9.59 Å². The highest BCUT2D eigenvalue weighted by atomic mass is 16.5. The molecule has 0 fully saturated rings. The van der Waals surface area contributed by atoms with Crippen LogP contribution in [0, 0.1) is 0 Å². The fraction of sp³-hybridized carbons (Fsp3) is 0.833. The molecule has 0 heterocycles. The zero-order chi connectivity index (χ0) is 12.8. The molecule has 96 valence electrons. The Morgan fingerprint density at radius 3 is 1.31 bits per heavy atom. The average Bonchev–Trinajstić information content (AvgIpc) is 2.18. The van der Waals surface area contributed by atoms with Crippen molar-refractivity contribution in [2.45, 2.75) is 53.4 Å². The van der Waals surface area contributed by atoms with Gasteiger partial charge in [0.2, 0.25) is 0 Å². The van der Waals surface area contributed by atoms with E-state index < -0.39 is 0 Å². The van der Waals surface area contributed by atoms with Gasteiger partial charge in [-0.15, -0.1) is 0 Å². The Bertz CT molecular complexity index is 158. The first-order valence-electron chi connectivity index (χ1n) is 5.81. The summed E-state index contributed by atoms with van der Waals surface area (Å²) in [5.41, 5.74) is 0. The highest BCUT2D eigenvalue weighted by molar-refractivity contribution is 5.66. The third-order valence-corrected chi connectivity index (χ3v) is 1.61. The largest absolute Gasteiger partial charge is 0.466 e. The van der Waals surface area contributed by atoms with E-state index in [1.807, 2.05) is 0 Å². The second-order valence-electron chi connectivity index (χ2n) is 3.39. The molecule has 0 saturated heterocycles. The molecule has 0 aliphatic rings. The maximum Gasteiger partial charge on any atom is 0.302 e. The zero-order valence-electron chi connectivity index (χ0n) is 10.9. The van der Waals surface area contributed by atoms with Crippen molar-refractivity contribution in [3.05, 3.63) is 0 Å². The first-order chi connectivity index (χ1) is 7.54. The van der Waals surface area contributed by atoms with E-state index in [0.717, 1.165) is 25.7 Å². The monoisotopic (exact) mass is 232 g/mol. The van der Waals surface area contributed by atoms with Gasteiger partial charge < -0.3 is 9.47 Å². The summed E-state index contributed by atoms with van der Waals surface area (Å²) < 4.78 is 9.29. The van der Waals surface area contributed by atoms with Crippen LogP contribution in [0.2, 0.25) is 0 Å². The molecule has 0 aliphatic heterocycles. The van der Waals surface area contributed by atoms with Gasteiger partial charge in [0.1, 0.15) is 0 Å². The van der Waals surface area contributed by atoms with E-state index in [1.54, 1.807) is 0 Å². The number of carbonyl (C=O) groups is 2. The minimum Gasteiger partial charge on any atom is -0.466 e. The Labute approximate surface area is 98.3 Å².